The van der Waals surface area contributed by atoms with Gasteiger partial charge in [0.2, 0.25) is 0 Å². The van der Waals surface area contributed by atoms with Gasteiger partial charge >= 0.3 is 17.9 Å². The summed E-state index contributed by atoms with van der Waals surface area (Å²) in [5.74, 6) is -0.951. The van der Waals surface area contributed by atoms with E-state index in [1.807, 2.05) is 0 Å². The van der Waals surface area contributed by atoms with Gasteiger partial charge in [0.1, 0.15) is 13.2 Å². The number of esters is 3. The van der Waals surface area contributed by atoms with Gasteiger partial charge in [0.25, 0.3) is 0 Å². The highest BCUT2D eigenvalue weighted by molar-refractivity contribution is 5.71. The number of hydrogen-bond donors (Lipinski definition) is 0. The number of unbranched alkanes of at least 4 members (excludes halogenated alkanes) is 28. The van der Waals surface area contributed by atoms with Crippen LogP contribution in [-0.2, 0) is 28.6 Å². The molecule has 0 radical (unpaired) electrons. The highest BCUT2D eigenvalue weighted by Gasteiger charge is 2.19. The van der Waals surface area contributed by atoms with Crippen molar-refractivity contribution in [2.24, 2.45) is 0 Å². The Morgan fingerprint density at radius 2 is 0.506 bits per heavy atom. The summed E-state index contributed by atoms with van der Waals surface area (Å²) in [6, 6.07) is 0. The topological polar surface area (TPSA) is 78.9 Å². The molecule has 0 saturated heterocycles. The van der Waals surface area contributed by atoms with Gasteiger partial charge in [0, 0.05) is 19.3 Å². The third-order valence-corrected chi connectivity index (χ3v) is 14.0. The van der Waals surface area contributed by atoms with Crippen LogP contribution >= 0.6 is 0 Å². The van der Waals surface area contributed by atoms with Crippen molar-refractivity contribution in [3.63, 3.8) is 0 Å². The molecule has 450 valence electrons. The summed E-state index contributed by atoms with van der Waals surface area (Å²) < 4.78 is 16.9. The summed E-state index contributed by atoms with van der Waals surface area (Å²) in [7, 11) is 0. The van der Waals surface area contributed by atoms with Crippen LogP contribution in [0.1, 0.15) is 303 Å². The summed E-state index contributed by atoms with van der Waals surface area (Å²) in [5, 5.41) is 0. The minimum atomic E-state index is -0.810. The Morgan fingerprint density at radius 1 is 0.266 bits per heavy atom. The summed E-state index contributed by atoms with van der Waals surface area (Å²) >= 11 is 0. The van der Waals surface area contributed by atoms with Gasteiger partial charge in [-0.2, -0.15) is 0 Å². The highest BCUT2D eigenvalue weighted by Crippen LogP contribution is 2.16. The van der Waals surface area contributed by atoms with E-state index in [0.29, 0.717) is 19.3 Å². The molecule has 0 saturated carbocycles. The number of rotatable bonds is 59. The van der Waals surface area contributed by atoms with Crippen LogP contribution in [0.5, 0.6) is 0 Å². The number of carbonyl (C=O) groups excluding carboxylic acids is 3. The molecule has 1 unspecified atom stereocenters. The van der Waals surface area contributed by atoms with Crippen LogP contribution in [0.25, 0.3) is 0 Å². The molecule has 6 heteroatoms. The van der Waals surface area contributed by atoms with Crippen LogP contribution in [0.15, 0.2) is 122 Å². The Hall–Kier alpha value is -4.19. The van der Waals surface area contributed by atoms with E-state index in [2.05, 4.69) is 142 Å². The first kappa shape index (κ1) is 74.8. The first-order valence-electron chi connectivity index (χ1n) is 33.0. The zero-order valence-electron chi connectivity index (χ0n) is 51.6. The van der Waals surface area contributed by atoms with E-state index in [4.69, 9.17) is 14.2 Å². The minimum absolute atomic E-state index is 0.0994. The summed E-state index contributed by atoms with van der Waals surface area (Å²) in [6.45, 7) is 6.39. The Labute approximate surface area is 488 Å². The summed E-state index contributed by atoms with van der Waals surface area (Å²) in [5.41, 5.74) is 0. The van der Waals surface area contributed by atoms with E-state index < -0.39 is 6.10 Å². The zero-order valence-corrected chi connectivity index (χ0v) is 51.6. The van der Waals surface area contributed by atoms with Crippen LogP contribution < -0.4 is 0 Å². The molecular formula is C73H122O6. The number of ether oxygens (including phenoxy) is 3. The second-order valence-corrected chi connectivity index (χ2v) is 21.6. The van der Waals surface area contributed by atoms with Crippen molar-refractivity contribution < 1.29 is 28.6 Å². The lowest BCUT2D eigenvalue weighted by atomic mass is 10.0. The molecule has 0 heterocycles. The van der Waals surface area contributed by atoms with Gasteiger partial charge in [-0.05, 0) is 103 Å². The van der Waals surface area contributed by atoms with Crippen molar-refractivity contribution in [2.45, 2.75) is 309 Å². The first-order chi connectivity index (χ1) is 39.0. The van der Waals surface area contributed by atoms with Crippen molar-refractivity contribution >= 4 is 17.9 Å². The Bertz CT molecular complexity index is 1640. The molecule has 6 nitrogen and oxygen atoms in total. The van der Waals surface area contributed by atoms with E-state index in [1.165, 1.54) is 148 Å². The molecule has 0 aliphatic rings. The van der Waals surface area contributed by atoms with Crippen molar-refractivity contribution in [1.29, 1.82) is 0 Å². The van der Waals surface area contributed by atoms with Gasteiger partial charge in [0.15, 0.2) is 6.10 Å². The average molecular weight is 1100 g/mol. The van der Waals surface area contributed by atoms with Crippen LogP contribution in [0.4, 0.5) is 0 Å². The predicted molar refractivity (Wildman–Crippen MR) is 343 cm³/mol. The summed E-state index contributed by atoms with van der Waals surface area (Å²) in [4.78, 5) is 38.3. The van der Waals surface area contributed by atoms with Crippen LogP contribution in [0.2, 0.25) is 0 Å². The van der Waals surface area contributed by atoms with Gasteiger partial charge in [0.05, 0.1) is 0 Å². The molecule has 0 fully saturated rings. The Morgan fingerprint density at radius 3 is 0.810 bits per heavy atom. The molecule has 0 aromatic rings. The van der Waals surface area contributed by atoms with Crippen LogP contribution in [0, 0.1) is 0 Å². The van der Waals surface area contributed by atoms with E-state index in [1.54, 1.807) is 0 Å². The van der Waals surface area contributed by atoms with Crippen molar-refractivity contribution in [3.8, 4) is 0 Å². The molecule has 79 heavy (non-hydrogen) atoms. The zero-order chi connectivity index (χ0) is 57.1. The van der Waals surface area contributed by atoms with Gasteiger partial charge in [-0.3, -0.25) is 14.4 Å². The fraction of sp³-hybridized carbons (Fsp3) is 0.685. The maximum Gasteiger partial charge on any atom is 0.306 e. The Kier molecular flexibility index (Phi) is 62.8. The third kappa shape index (κ3) is 64.5. The maximum absolute atomic E-state index is 12.9. The molecule has 0 amide bonds. The number of allylic oxidation sites excluding steroid dienone is 20. The van der Waals surface area contributed by atoms with E-state index in [9.17, 15) is 14.4 Å². The normalized spacial score (nSPS) is 12.9. The predicted octanol–water partition coefficient (Wildman–Crippen LogP) is 22.8. The molecule has 0 aliphatic heterocycles. The smallest absolute Gasteiger partial charge is 0.306 e. The standard InChI is InChI=1S/C73H122O6/c1-4-7-10-13-16-19-22-25-28-30-31-32-33-34-35-36-37-38-39-40-41-43-45-48-51-54-57-60-63-66-72(75)78-69-70(68-77-71(74)65-62-59-56-53-50-47-44-27-24-21-18-15-12-9-6-3)79-73(76)67-64-61-58-55-52-49-46-42-29-26-23-20-17-14-11-8-5-2/h7-8,10-11,16-17,19-20,25-26,28-29,31-32,34-35,46,49,55,58,70H,4-6,9,12-15,18,21-24,27,30,33,36-45,47-48,50-54,56-57,59-69H2,1-3H3/b10-7-,11-8-,19-16-,20-17-,28-25-,29-26-,32-31-,35-34-,49-46-,58-55-. The van der Waals surface area contributed by atoms with Crippen molar-refractivity contribution in [2.75, 3.05) is 13.2 Å². The number of carbonyl (C=O) groups is 3. The van der Waals surface area contributed by atoms with Gasteiger partial charge in [-0.1, -0.05) is 303 Å². The fourth-order valence-electron chi connectivity index (χ4n) is 9.10. The van der Waals surface area contributed by atoms with Gasteiger partial charge in [-0.25, -0.2) is 0 Å². The van der Waals surface area contributed by atoms with E-state index in [-0.39, 0.29) is 37.5 Å². The molecule has 0 N–H and O–H groups in total. The Balaban J connectivity index is 4.34. The molecular weight excluding hydrogens is 973 g/mol. The highest BCUT2D eigenvalue weighted by atomic mass is 16.6. The second kappa shape index (κ2) is 66.3. The van der Waals surface area contributed by atoms with Gasteiger partial charge < -0.3 is 14.2 Å². The molecule has 0 aromatic heterocycles. The first-order valence-corrected chi connectivity index (χ1v) is 33.0. The molecule has 0 bridgehead atoms. The van der Waals surface area contributed by atoms with Crippen LogP contribution in [0.3, 0.4) is 0 Å². The monoisotopic (exact) mass is 1090 g/mol. The molecule has 0 aromatic carbocycles. The fourth-order valence-corrected chi connectivity index (χ4v) is 9.10. The lowest BCUT2D eigenvalue weighted by Crippen LogP contribution is -2.30. The molecule has 1 atom stereocenters. The maximum atomic E-state index is 12.9. The minimum Gasteiger partial charge on any atom is -0.462 e. The third-order valence-electron chi connectivity index (χ3n) is 14.0. The van der Waals surface area contributed by atoms with Crippen molar-refractivity contribution in [3.05, 3.63) is 122 Å². The van der Waals surface area contributed by atoms with Crippen molar-refractivity contribution in [1.82, 2.24) is 0 Å². The SMILES string of the molecule is CC/C=C\C/C=C\C/C=C\C/C=C\C/C=C\CCCCCCCCCCCCCCCC(=O)OCC(COC(=O)CCCCCCCCCCCCCCCCC)OC(=O)CCC/C=C\C/C=C\C/C=C\C/C=C\C/C=C\CC. The molecule has 0 rings (SSSR count). The molecule has 0 aliphatic carbocycles. The summed E-state index contributed by atoms with van der Waals surface area (Å²) in [6.07, 6.45) is 92.2. The quantitative estimate of drug-likeness (QED) is 0.0261. The molecule has 0 spiro atoms. The second-order valence-electron chi connectivity index (χ2n) is 21.6. The van der Waals surface area contributed by atoms with E-state index in [0.717, 1.165) is 109 Å². The lowest BCUT2D eigenvalue weighted by Gasteiger charge is -2.18. The van der Waals surface area contributed by atoms with Crippen LogP contribution in [-0.4, -0.2) is 37.2 Å². The van der Waals surface area contributed by atoms with E-state index >= 15 is 0 Å². The largest absolute Gasteiger partial charge is 0.462 e. The lowest BCUT2D eigenvalue weighted by molar-refractivity contribution is -0.167. The number of hydrogen-bond acceptors (Lipinski definition) is 6. The van der Waals surface area contributed by atoms with Gasteiger partial charge in [-0.15, -0.1) is 0 Å². The average Bonchev–Trinajstić information content (AvgIpc) is 3.45.